The van der Waals surface area contributed by atoms with Crippen LogP contribution in [-0.2, 0) is 6.54 Å². The van der Waals surface area contributed by atoms with E-state index in [0.717, 1.165) is 11.1 Å². The van der Waals surface area contributed by atoms with Gasteiger partial charge in [0.15, 0.2) is 0 Å². The first kappa shape index (κ1) is 16.1. The molecular weight excluding hydrogens is 320 g/mol. The smallest absolute Gasteiger partial charge is 0.145 e. The Kier molecular flexibility index (Phi) is 5.16. The summed E-state index contributed by atoms with van der Waals surface area (Å²) in [6.07, 6.45) is 0.753. The fourth-order valence-corrected chi connectivity index (χ4v) is 3.11. The summed E-state index contributed by atoms with van der Waals surface area (Å²) in [5, 5.41) is 23.4. The SMILES string of the molecule is N#Cc1cc(N(Cc2ccccc2)C[C@H](O)c2ccsc2)ncn1. The van der Waals surface area contributed by atoms with Gasteiger partial charge in [0.1, 0.15) is 23.9 Å². The second-order valence-corrected chi connectivity index (χ2v) is 6.09. The van der Waals surface area contributed by atoms with Gasteiger partial charge in [0.2, 0.25) is 0 Å². The van der Waals surface area contributed by atoms with Crippen LogP contribution in [0.3, 0.4) is 0 Å². The quantitative estimate of drug-likeness (QED) is 0.748. The third-order valence-corrected chi connectivity index (χ3v) is 4.33. The van der Waals surface area contributed by atoms with Crippen LogP contribution in [0.1, 0.15) is 22.9 Å². The van der Waals surface area contributed by atoms with Gasteiger partial charge in [-0.15, -0.1) is 0 Å². The zero-order valence-corrected chi connectivity index (χ0v) is 13.7. The van der Waals surface area contributed by atoms with Crippen molar-refractivity contribution in [1.29, 1.82) is 5.26 Å². The maximum Gasteiger partial charge on any atom is 0.145 e. The lowest BCUT2D eigenvalue weighted by Gasteiger charge is -2.26. The van der Waals surface area contributed by atoms with Crippen molar-refractivity contribution in [2.75, 3.05) is 11.4 Å². The number of benzene rings is 1. The number of aromatic nitrogens is 2. The predicted molar refractivity (Wildman–Crippen MR) is 93.5 cm³/mol. The van der Waals surface area contributed by atoms with E-state index in [4.69, 9.17) is 5.26 Å². The first-order valence-electron chi connectivity index (χ1n) is 7.47. The van der Waals surface area contributed by atoms with Gasteiger partial charge >= 0.3 is 0 Å². The van der Waals surface area contributed by atoms with Crippen LogP contribution in [0.25, 0.3) is 0 Å². The minimum atomic E-state index is -0.625. The van der Waals surface area contributed by atoms with Crippen LogP contribution in [-0.4, -0.2) is 21.6 Å². The van der Waals surface area contributed by atoms with Crippen LogP contribution < -0.4 is 4.90 Å². The normalized spacial score (nSPS) is 11.7. The summed E-state index contributed by atoms with van der Waals surface area (Å²) in [7, 11) is 0. The van der Waals surface area contributed by atoms with E-state index in [1.165, 1.54) is 6.33 Å². The fourth-order valence-electron chi connectivity index (χ4n) is 2.40. The minimum absolute atomic E-state index is 0.308. The summed E-state index contributed by atoms with van der Waals surface area (Å²) >= 11 is 1.55. The Hall–Kier alpha value is -2.75. The molecule has 120 valence electrons. The van der Waals surface area contributed by atoms with Crippen molar-refractivity contribution in [1.82, 2.24) is 9.97 Å². The second kappa shape index (κ2) is 7.68. The zero-order chi connectivity index (χ0) is 16.8. The molecule has 1 atom stereocenters. The molecule has 5 nitrogen and oxygen atoms in total. The summed E-state index contributed by atoms with van der Waals surface area (Å²) in [5.74, 6) is 0.625. The first-order valence-corrected chi connectivity index (χ1v) is 8.41. The molecule has 0 aliphatic heterocycles. The monoisotopic (exact) mass is 336 g/mol. The van der Waals surface area contributed by atoms with Gasteiger partial charge in [0.05, 0.1) is 6.10 Å². The summed E-state index contributed by atoms with van der Waals surface area (Å²) < 4.78 is 0. The summed E-state index contributed by atoms with van der Waals surface area (Å²) in [4.78, 5) is 10.1. The van der Waals surface area contributed by atoms with E-state index in [1.807, 2.05) is 58.1 Å². The third-order valence-electron chi connectivity index (χ3n) is 3.63. The van der Waals surface area contributed by atoms with E-state index in [0.29, 0.717) is 24.6 Å². The van der Waals surface area contributed by atoms with Gasteiger partial charge in [-0.3, -0.25) is 0 Å². The number of thiophene rings is 1. The van der Waals surface area contributed by atoms with Crippen LogP contribution >= 0.6 is 11.3 Å². The maximum absolute atomic E-state index is 10.5. The molecule has 6 heteroatoms. The first-order chi connectivity index (χ1) is 11.8. The van der Waals surface area contributed by atoms with E-state index >= 15 is 0 Å². The molecular formula is C18H16N4OS. The van der Waals surface area contributed by atoms with Gasteiger partial charge in [-0.1, -0.05) is 30.3 Å². The number of aliphatic hydroxyl groups is 1. The summed E-state index contributed by atoms with van der Waals surface area (Å²) in [6, 6.07) is 15.5. The number of nitrogens with zero attached hydrogens (tertiary/aromatic N) is 4. The number of aliphatic hydroxyl groups excluding tert-OH is 1. The molecule has 2 heterocycles. The molecule has 2 aromatic heterocycles. The molecule has 0 unspecified atom stereocenters. The van der Waals surface area contributed by atoms with Crippen molar-refractivity contribution in [3.05, 3.63) is 76.4 Å². The van der Waals surface area contributed by atoms with E-state index in [9.17, 15) is 5.11 Å². The molecule has 0 saturated heterocycles. The molecule has 0 aliphatic rings. The minimum Gasteiger partial charge on any atom is -0.387 e. The van der Waals surface area contributed by atoms with Crippen molar-refractivity contribution in [3.8, 4) is 6.07 Å². The molecule has 1 aromatic carbocycles. The number of hydrogen-bond acceptors (Lipinski definition) is 6. The van der Waals surface area contributed by atoms with Crippen LogP contribution in [0.2, 0.25) is 0 Å². The molecule has 24 heavy (non-hydrogen) atoms. The lowest BCUT2D eigenvalue weighted by atomic mass is 10.1. The molecule has 0 fully saturated rings. The van der Waals surface area contributed by atoms with E-state index in [2.05, 4.69) is 9.97 Å². The van der Waals surface area contributed by atoms with Gasteiger partial charge < -0.3 is 10.0 Å². The van der Waals surface area contributed by atoms with Crippen LogP contribution in [0, 0.1) is 11.3 Å². The third kappa shape index (κ3) is 3.96. The van der Waals surface area contributed by atoms with Crippen LogP contribution in [0.5, 0.6) is 0 Å². The number of hydrogen-bond donors (Lipinski definition) is 1. The van der Waals surface area contributed by atoms with E-state index in [1.54, 1.807) is 17.4 Å². The van der Waals surface area contributed by atoms with Crippen molar-refractivity contribution in [2.45, 2.75) is 12.6 Å². The summed E-state index contributed by atoms with van der Waals surface area (Å²) in [5.41, 5.74) is 2.29. The highest BCUT2D eigenvalue weighted by Gasteiger charge is 2.16. The molecule has 0 saturated carbocycles. The van der Waals surface area contributed by atoms with Crippen molar-refractivity contribution >= 4 is 17.2 Å². The molecule has 0 bridgehead atoms. The topological polar surface area (TPSA) is 73.0 Å². The van der Waals surface area contributed by atoms with Crippen molar-refractivity contribution in [3.63, 3.8) is 0 Å². The average molecular weight is 336 g/mol. The number of nitriles is 1. The largest absolute Gasteiger partial charge is 0.387 e. The standard InChI is InChI=1S/C18H16N4OS/c19-9-16-8-18(21-13-20-16)22(10-14-4-2-1-3-5-14)11-17(23)15-6-7-24-12-15/h1-8,12-13,17,23H,10-11H2/t17-/m0/s1. The average Bonchev–Trinajstić information content (AvgIpc) is 3.17. The highest BCUT2D eigenvalue weighted by Crippen LogP contribution is 2.22. The van der Waals surface area contributed by atoms with Gasteiger partial charge in [-0.05, 0) is 28.0 Å². The van der Waals surface area contributed by atoms with Crippen LogP contribution in [0.4, 0.5) is 5.82 Å². The van der Waals surface area contributed by atoms with Gasteiger partial charge in [0.25, 0.3) is 0 Å². The Bertz CT molecular complexity index is 815. The molecule has 0 radical (unpaired) electrons. The van der Waals surface area contributed by atoms with E-state index in [-0.39, 0.29) is 0 Å². The molecule has 3 aromatic rings. The van der Waals surface area contributed by atoms with Gasteiger partial charge in [-0.2, -0.15) is 16.6 Å². The highest BCUT2D eigenvalue weighted by molar-refractivity contribution is 7.07. The predicted octanol–water partition coefficient (Wildman–Crippen LogP) is 3.15. The Morgan fingerprint density at radius 3 is 2.75 bits per heavy atom. The van der Waals surface area contributed by atoms with Crippen molar-refractivity contribution < 1.29 is 5.11 Å². The fraction of sp³-hybridized carbons (Fsp3) is 0.167. The molecule has 0 amide bonds. The highest BCUT2D eigenvalue weighted by atomic mass is 32.1. The number of anilines is 1. The Labute approximate surface area is 144 Å². The lowest BCUT2D eigenvalue weighted by Crippen LogP contribution is -2.29. The second-order valence-electron chi connectivity index (χ2n) is 5.31. The van der Waals surface area contributed by atoms with E-state index < -0.39 is 6.10 Å². The number of rotatable bonds is 6. The molecule has 3 rings (SSSR count). The van der Waals surface area contributed by atoms with Gasteiger partial charge in [0, 0.05) is 19.2 Å². The zero-order valence-electron chi connectivity index (χ0n) is 12.9. The Morgan fingerprint density at radius 1 is 1.21 bits per heavy atom. The lowest BCUT2D eigenvalue weighted by molar-refractivity contribution is 0.183. The van der Waals surface area contributed by atoms with Gasteiger partial charge in [-0.25, -0.2) is 9.97 Å². The Morgan fingerprint density at radius 2 is 2.04 bits per heavy atom. The molecule has 1 N–H and O–H groups in total. The Balaban J connectivity index is 1.86. The summed E-state index contributed by atoms with van der Waals surface area (Å²) in [6.45, 7) is 0.970. The molecule has 0 aliphatic carbocycles. The van der Waals surface area contributed by atoms with Crippen LogP contribution in [0.15, 0.2) is 59.6 Å². The molecule has 0 spiro atoms. The maximum atomic E-state index is 10.5. The van der Waals surface area contributed by atoms with Crippen molar-refractivity contribution in [2.24, 2.45) is 0 Å².